The average molecular weight is 230 g/mol. The van der Waals surface area contributed by atoms with Gasteiger partial charge in [0.2, 0.25) is 0 Å². The van der Waals surface area contributed by atoms with Crippen LogP contribution in [-0.2, 0) is 4.84 Å². The van der Waals surface area contributed by atoms with Crippen molar-refractivity contribution in [1.29, 1.82) is 0 Å². The number of aryl methyl sites for hydroxylation is 2. The van der Waals surface area contributed by atoms with Crippen LogP contribution >= 0.6 is 0 Å². The van der Waals surface area contributed by atoms with Crippen LogP contribution < -0.4 is 11.2 Å². The minimum atomic E-state index is 0.256. The lowest BCUT2D eigenvalue weighted by Crippen LogP contribution is -2.18. The predicted molar refractivity (Wildman–Crippen MR) is 68.1 cm³/mol. The van der Waals surface area contributed by atoms with Gasteiger partial charge in [-0.2, -0.15) is 0 Å². The Morgan fingerprint density at radius 2 is 2.12 bits per heavy atom. The number of anilines is 1. The molecular formula is C14H18N2O. The zero-order chi connectivity index (χ0) is 12.0. The van der Waals surface area contributed by atoms with Gasteiger partial charge in [-0.3, -0.25) is 0 Å². The highest BCUT2D eigenvalue weighted by molar-refractivity contribution is 5.52. The second-order valence-corrected chi connectivity index (χ2v) is 5.05. The average Bonchev–Trinajstić information content (AvgIpc) is 2.85. The summed E-state index contributed by atoms with van der Waals surface area (Å²) in [4.78, 5) is 5.54. The molecule has 3 N–H and O–H groups in total. The predicted octanol–water partition coefficient (Wildman–Crippen LogP) is 2.76. The lowest BCUT2D eigenvalue weighted by molar-refractivity contribution is 0.134. The van der Waals surface area contributed by atoms with Crippen LogP contribution in [-0.4, -0.2) is 0 Å². The number of hydrogen-bond acceptors (Lipinski definition) is 3. The van der Waals surface area contributed by atoms with E-state index in [1.54, 1.807) is 0 Å². The Morgan fingerprint density at radius 1 is 1.29 bits per heavy atom. The summed E-state index contributed by atoms with van der Waals surface area (Å²) in [6.07, 6.45) is 4.48. The Bertz CT molecular complexity index is 493. The number of allylic oxidation sites excluding steroid dienone is 1. The number of fused-ring (bicyclic) bond motifs is 1. The Morgan fingerprint density at radius 3 is 2.94 bits per heavy atom. The molecule has 1 aromatic rings. The van der Waals surface area contributed by atoms with E-state index in [1.165, 1.54) is 17.5 Å². The van der Waals surface area contributed by atoms with Gasteiger partial charge in [0.1, 0.15) is 5.76 Å². The van der Waals surface area contributed by atoms with Crippen molar-refractivity contribution >= 4 is 5.69 Å². The van der Waals surface area contributed by atoms with E-state index in [0.717, 1.165) is 23.4 Å². The number of hydroxylamine groups is 1. The first-order valence-electron chi connectivity index (χ1n) is 6.16. The zero-order valence-electron chi connectivity index (χ0n) is 10.3. The Kier molecular flexibility index (Phi) is 2.37. The highest BCUT2D eigenvalue weighted by Gasteiger charge is 2.37. The van der Waals surface area contributed by atoms with Crippen molar-refractivity contribution < 1.29 is 4.84 Å². The summed E-state index contributed by atoms with van der Waals surface area (Å²) < 4.78 is 0. The van der Waals surface area contributed by atoms with Crippen molar-refractivity contribution in [3.05, 3.63) is 40.7 Å². The maximum atomic E-state index is 6.01. The maximum Gasteiger partial charge on any atom is 0.125 e. The fourth-order valence-electron chi connectivity index (χ4n) is 2.86. The van der Waals surface area contributed by atoms with Gasteiger partial charge in [0.25, 0.3) is 0 Å². The number of nitrogens with one attached hydrogen (secondary N) is 1. The molecule has 0 aromatic heterocycles. The SMILES string of the molecule is Cc1cc(C)c(C2NOC3=CCCC32)cc1N. The summed E-state index contributed by atoms with van der Waals surface area (Å²) >= 11 is 0. The van der Waals surface area contributed by atoms with Crippen LogP contribution in [0, 0.1) is 19.8 Å². The van der Waals surface area contributed by atoms with Crippen molar-refractivity contribution in [2.24, 2.45) is 5.92 Å². The van der Waals surface area contributed by atoms with Gasteiger partial charge in [-0.1, -0.05) is 6.07 Å². The number of rotatable bonds is 1. The number of nitrogens with two attached hydrogens (primary N) is 1. The summed E-state index contributed by atoms with van der Waals surface area (Å²) in [6.45, 7) is 4.19. The number of hydrogen-bond donors (Lipinski definition) is 2. The lowest BCUT2D eigenvalue weighted by Gasteiger charge is -2.18. The van der Waals surface area contributed by atoms with Gasteiger partial charge in [-0.05, 0) is 55.5 Å². The van der Waals surface area contributed by atoms with Crippen LogP contribution in [0.5, 0.6) is 0 Å². The monoisotopic (exact) mass is 230 g/mol. The van der Waals surface area contributed by atoms with E-state index in [4.69, 9.17) is 10.6 Å². The van der Waals surface area contributed by atoms with Crippen molar-refractivity contribution in [2.45, 2.75) is 32.7 Å². The van der Waals surface area contributed by atoms with Crippen LogP contribution in [0.3, 0.4) is 0 Å². The van der Waals surface area contributed by atoms with Crippen LogP contribution in [0.15, 0.2) is 24.0 Å². The topological polar surface area (TPSA) is 47.3 Å². The quantitative estimate of drug-likeness (QED) is 0.729. The van der Waals surface area contributed by atoms with Crippen molar-refractivity contribution in [3.63, 3.8) is 0 Å². The minimum absolute atomic E-state index is 0.256. The van der Waals surface area contributed by atoms with E-state index < -0.39 is 0 Å². The molecule has 3 nitrogen and oxygen atoms in total. The molecular weight excluding hydrogens is 212 g/mol. The fourth-order valence-corrected chi connectivity index (χ4v) is 2.86. The molecule has 0 saturated carbocycles. The van der Waals surface area contributed by atoms with E-state index in [2.05, 4.69) is 30.6 Å². The summed E-state index contributed by atoms with van der Waals surface area (Å²) in [7, 11) is 0. The van der Waals surface area contributed by atoms with Gasteiger partial charge in [0.05, 0.1) is 6.04 Å². The molecule has 1 aliphatic heterocycles. The van der Waals surface area contributed by atoms with Crippen LogP contribution in [0.4, 0.5) is 5.69 Å². The summed E-state index contributed by atoms with van der Waals surface area (Å²) in [6, 6.07) is 4.50. The van der Waals surface area contributed by atoms with Gasteiger partial charge < -0.3 is 10.6 Å². The highest BCUT2D eigenvalue weighted by atomic mass is 16.7. The molecule has 1 heterocycles. The molecule has 1 aromatic carbocycles. The van der Waals surface area contributed by atoms with Gasteiger partial charge in [-0.15, -0.1) is 5.48 Å². The van der Waals surface area contributed by atoms with Gasteiger partial charge in [0.15, 0.2) is 0 Å². The molecule has 90 valence electrons. The van der Waals surface area contributed by atoms with Crippen molar-refractivity contribution in [2.75, 3.05) is 5.73 Å². The van der Waals surface area contributed by atoms with Crippen LogP contribution in [0.2, 0.25) is 0 Å². The van der Waals surface area contributed by atoms with Crippen molar-refractivity contribution in [1.82, 2.24) is 5.48 Å². The molecule has 2 aliphatic rings. The van der Waals surface area contributed by atoms with Crippen molar-refractivity contribution in [3.8, 4) is 0 Å². The highest BCUT2D eigenvalue weighted by Crippen LogP contribution is 2.42. The molecule has 2 unspecified atom stereocenters. The van der Waals surface area contributed by atoms with Gasteiger partial charge in [0, 0.05) is 11.6 Å². The first kappa shape index (κ1) is 10.7. The standard InChI is InChI=1S/C14H18N2O/c1-8-6-9(2)12(15)7-11(8)14-10-4-3-5-13(10)17-16-14/h5-7,10,14,16H,3-4,15H2,1-2H3. The third kappa shape index (κ3) is 1.62. The largest absolute Gasteiger partial charge is 0.413 e. The summed E-state index contributed by atoms with van der Waals surface area (Å²) in [5.74, 6) is 1.59. The zero-order valence-corrected chi connectivity index (χ0v) is 10.3. The third-order valence-corrected chi connectivity index (χ3v) is 3.88. The molecule has 3 heteroatoms. The summed E-state index contributed by atoms with van der Waals surface area (Å²) in [5.41, 5.74) is 13.7. The summed E-state index contributed by atoms with van der Waals surface area (Å²) in [5, 5.41) is 0. The van der Waals surface area contributed by atoms with E-state index in [9.17, 15) is 0 Å². The molecule has 2 atom stereocenters. The maximum absolute atomic E-state index is 6.01. The lowest BCUT2D eigenvalue weighted by atomic mass is 9.89. The Balaban J connectivity index is 2.00. The Hall–Kier alpha value is -1.48. The third-order valence-electron chi connectivity index (χ3n) is 3.88. The first-order valence-corrected chi connectivity index (χ1v) is 6.16. The van der Waals surface area contributed by atoms with Crippen LogP contribution in [0.1, 0.15) is 35.6 Å². The molecule has 0 bridgehead atoms. The fraction of sp³-hybridized carbons (Fsp3) is 0.429. The molecule has 0 amide bonds. The molecule has 0 radical (unpaired) electrons. The first-order chi connectivity index (χ1) is 8.16. The van der Waals surface area contributed by atoms with E-state index >= 15 is 0 Å². The van der Waals surface area contributed by atoms with Crippen LogP contribution in [0.25, 0.3) is 0 Å². The van der Waals surface area contributed by atoms with E-state index in [1.807, 2.05) is 6.92 Å². The second kappa shape index (κ2) is 3.77. The smallest absolute Gasteiger partial charge is 0.125 e. The molecule has 3 rings (SSSR count). The Labute approximate surface area is 102 Å². The molecule has 17 heavy (non-hydrogen) atoms. The molecule has 1 aliphatic carbocycles. The molecule has 1 fully saturated rings. The number of benzene rings is 1. The number of nitrogen functional groups attached to an aromatic ring is 1. The molecule has 1 saturated heterocycles. The minimum Gasteiger partial charge on any atom is -0.413 e. The van der Waals surface area contributed by atoms with E-state index in [0.29, 0.717) is 5.92 Å². The second-order valence-electron chi connectivity index (χ2n) is 5.05. The van der Waals surface area contributed by atoms with E-state index in [-0.39, 0.29) is 6.04 Å². The van der Waals surface area contributed by atoms with Gasteiger partial charge in [-0.25, -0.2) is 0 Å². The van der Waals surface area contributed by atoms with Gasteiger partial charge >= 0.3 is 0 Å². The normalized spacial score (nSPS) is 26.6. The molecule has 0 spiro atoms.